The molecule has 0 aromatic carbocycles. The van der Waals surface area contributed by atoms with E-state index in [9.17, 15) is 4.57 Å². The summed E-state index contributed by atoms with van der Waals surface area (Å²) in [5.41, 5.74) is 0. The Kier molecular flexibility index (Phi) is 10.2. The zero-order valence-corrected chi connectivity index (χ0v) is 12.3. The summed E-state index contributed by atoms with van der Waals surface area (Å²) in [6.45, 7) is 6.56. The lowest BCUT2D eigenvalue weighted by Gasteiger charge is -2.12. The highest BCUT2D eigenvalue weighted by atomic mass is 33.1. The van der Waals surface area contributed by atoms with Crippen LogP contribution >= 0.6 is 28.5 Å². The molecule has 0 saturated carbocycles. The van der Waals surface area contributed by atoms with Crippen LogP contribution in [0.15, 0.2) is 11.5 Å². The maximum Gasteiger partial charge on any atom is 0.317 e. The zero-order valence-electron chi connectivity index (χ0n) is 9.77. The molecule has 0 spiro atoms. The van der Waals surface area contributed by atoms with Crippen LogP contribution in [0.2, 0.25) is 0 Å². The van der Waals surface area contributed by atoms with Gasteiger partial charge >= 0.3 is 5.77 Å². The smallest absolute Gasteiger partial charge is 0.314 e. The maximum absolute atomic E-state index is 12.1. The molecule has 0 saturated heterocycles. The predicted octanol–water partition coefficient (Wildman–Crippen LogP) is 5.32. The summed E-state index contributed by atoms with van der Waals surface area (Å²) in [7, 11) is 0. The summed E-state index contributed by atoms with van der Waals surface area (Å²) in [5.74, 6) is -1.69. The van der Waals surface area contributed by atoms with Crippen molar-refractivity contribution in [3.63, 3.8) is 0 Å². The summed E-state index contributed by atoms with van der Waals surface area (Å²) in [4.78, 5) is 0. The SMILES string of the molecule is CCCC/C=C/SP(=O)(OCC)SCC. The zero-order chi connectivity index (χ0) is 11.6. The molecular formula is C10H21O2PS2. The third-order valence-corrected chi connectivity index (χ3v) is 8.52. The van der Waals surface area contributed by atoms with Crippen molar-refractivity contribution >= 4 is 28.5 Å². The van der Waals surface area contributed by atoms with E-state index >= 15 is 0 Å². The highest BCUT2D eigenvalue weighted by molar-refractivity contribution is 8.89. The summed E-state index contributed by atoms with van der Waals surface area (Å²) < 4.78 is 17.4. The quantitative estimate of drug-likeness (QED) is 0.417. The normalized spacial score (nSPS) is 15.7. The number of allylic oxidation sites excluding steroid dienone is 1. The van der Waals surface area contributed by atoms with Crippen molar-refractivity contribution in [2.24, 2.45) is 0 Å². The van der Waals surface area contributed by atoms with E-state index in [1.165, 1.54) is 35.6 Å². The minimum atomic E-state index is -2.52. The molecule has 0 N–H and O–H groups in total. The minimum Gasteiger partial charge on any atom is -0.314 e. The van der Waals surface area contributed by atoms with E-state index in [1.807, 2.05) is 19.3 Å². The molecule has 90 valence electrons. The fourth-order valence-electron chi connectivity index (χ4n) is 0.922. The number of unbranched alkanes of at least 4 members (excludes halogenated alkanes) is 2. The molecule has 0 aliphatic carbocycles. The van der Waals surface area contributed by atoms with Gasteiger partial charge in [-0.15, -0.1) is 0 Å². The van der Waals surface area contributed by atoms with Gasteiger partial charge in [0.25, 0.3) is 0 Å². The van der Waals surface area contributed by atoms with Crippen molar-refractivity contribution in [1.29, 1.82) is 0 Å². The number of rotatable bonds is 9. The summed E-state index contributed by atoms with van der Waals surface area (Å²) in [5, 5.41) is 1.93. The van der Waals surface area contributed by atoms with E-state index in [4.69, 9.17) is 4.52 Å². The molecule has 0 aliphatic heterocycles. The lowest BCUT2D eigenvalue weighted by Crippen LogP contribution is -1.82. The van der Waals surface area contributed by atoms with Gasteiger partial charge in [0.15, 0.2) is 0 Å². The van der Waals surface area contributed by atoms with Gasteiger partial charge in [0, 0.05) is 5.75 Å². The number of hydrogen-bond acceptors (Lipinski definition) is 4. The Balaban J connectivity index is 3.95. The van der Waals surface area contributed by atoms with E-state index < -0.39 is 5.77 Å². The lowest BCUT2D eigenvalue weighted by molar-refractivity contribution is 0.357. The molecule has 0 aliphatic rings. The Morgan fingerprint density at radius 3 is 2.60 bits per heavy atom. The van der Waals surface area contributed by atoms with Gasteiger partial charge < -0.3 is 4.52 Å². The van der Waals surface area contributed by atoms with Crippen LogP contribution in [0.4, 0.5) is 0 Å². The van der Waals surface area contributed by atoms with Crippen molar-refractivity contribution in [2.75, 3.05) is 12.4 Å². The van der Waals surface area contributed by atoms with E-state index in [0.29, 0.717) is 6.61 Å². The van der Waals surface area contributed by atoms with Crippen molar-refractivity contribution in [1.82, 2.24) is 0 Å². The van der Waals surface area contributed by atoms with Crippen LogP contribution in [-0.4, -0.2) is 12.4 Å². The molecule has 0 radical (unpaired) electrons. The average Bonchev–Trinajstić information content (AvgIpc) is 2.18. The second-order valence-electron chi connectivity index (χ2n) is 2.90. The first-order valence-corrected chi connectivity index (χ1v) is 10.1. The third-order valence-electron chi connectivity index (χ3n) is 1.58. The monoisotopic (exact) mass is 268 g/mol. The predicted molar refractivity (Wildman–Crippen MR) is 73.6 cm³/mol. The molecule has 1 atom stereocenters. The van der Waals surface area contributed by atoms with Gasteiger partial charge in [0.05, 0.1) is 6.61 Å². The molecule has 0 heterocycles. The molecule has 0 aromatic rings. The van der Waals surface area contributed by atoms with Crippen LogP contribution in [0.1, 0.15) is 40.0 Å². The van der Waals surface area contributed by atoms with Gasteiger partial charge in [0.2, 0.25) is 0 Å². The molecular weight excluding hydrogens is 247 g/mol. The Bertz CT molecular complexity index is 209. The van der Waals surface area contributed by atoms with Crippen LogP contribution in [0.5, 0.6) is 0 Å². The lowest BCUT2D eigenvalue weighted by atomic mass is 10.2. The third kappa shape index (κ3) is 8.44. The summed E-state index contributed by atoms with van der Waals surface area (Å²) in [6, 6.07) is 0. The fraction of sp³-hybridized carbons (Fsp3) is 0.800. The first-order chi connectivity index (χ1) is 7.18. The Labute approximate surface area is 102 Å². The van der Waals surface area contributed by atoms with Gasteiger partial charge in [-0.1, -0.05) is 44.1 Å². The molecule has 0 amide bonds. The van der Waals surface area contributed by atoms with Gasteiger partial charge in [-0.3, -0.25) is 4.57 Å². The Morgan fingerprint density at radius 2 is 2.07 bits per heavy atom. The van der Waals surface area contributed by atoms with E-state index in [1.54, 1.807) is 0 Å². The van der Waals surface area contributed by atoms with Crippen molar-refractivity contribution in [3.05, 3.63) is 11.5 Å². The van der Waals surface area contributed by atoms with Crippen molar-refractivity contribution < 1.29 is 9.09 Å². The first-order valence-electron chi connectivity index (χ1n) is 5.41. The number of hydrogen-bond donors (Lipinski definition) is 0. The van der Waals surface area contributed by atoms with E-state index in [0.717, 1.165) is 12.2 Å². The standard InChI is InChI=1S/C10H21O2PS2/c1-4-7-8-9-10-15-13(11,12-5-2)14-6-3/h9-10H,4-8H2,1-3H3/b10-9+. The van der Waals surface area contributed by atoms with E-state index in [-0.39, 0.29) is 0 Å². The molecule has 2 nitrogen and oxygen atoms in total. The minimum absolute atomic E-state index is 0.514. The second-order valence-corrected chi connectivity index (χ2v) is 10.4. The Morgan fingerprint density at radius 1 is 1.33 bits per heavy atom. The van der Waals surface area contributed by atoms with Crippen LogP contribution in [-0.2, 0) is 9.09 Å². The van der Waals surface area contributed by atoms with Gasteiger partial charge in [-0.2, -0.15) is 0 Å². The average molecular weight is 268 g/mol. The molecule has 0 bridgehead atoms. The molecule has 15 heavy (non-hydrogen) atoms. The molecule has 1 unspecified atom stereocenters. The fourth-order valence-corrected chi connectivity index (χ4v) is 6.94. The molecule has 0 aromatic heterocycles. The van der Waals surface area contributed by atoms with Gasteiger partial charge in [-0.05, 0) is 30.1 Å². The maximum atomic E-state index is 12.1. The van der Waals surface area contributed by atoms with Crippen molar-refractivity contribution in [3.8, 4) is 0 Å². The van der Waals surface area contributed by atoms with Crippen LogP contribution < -0.4 is 0 Å². The molecule has 0 fully saturated rings. The first kappa shape index (κ1) is 15.6. The summed E-state index contributed by atoms with van der Waals surface area (Å²) in [6.07, 6.45) is 5.53. The van der Waals surface area contributed by atoms with Crippen LogP contribution in [0, 0.1) is 0 Å². The van der Waals surface area contributed by atoms with Crippen molar-refractivity contribution in [2.45, 2.75) is 40.0 Å². The highest BCUT2D eigenvalue weighted by Crippen LogP contribution is 2.70. The highest BCUT2D eigenvalue weighted by Gasteiger charge is 2.21. The van der Waals surface area contributed by atoms with Crippen LogP contribution in [0.3, 0.4) is 0 Å². The second kappa shape index (κ2) is 9.83. The molecule has 0 rings (SSSR count). The topological polar surface area (TPSA) is 26.3 Å². The van der Waals surface area contributed by atoms with Crippen LogP contribution in [0.25, 0.3) is 0 Å². The summed E-state index contributed by atoms with van der Waals surface area (Å²) >= 11 is 2.75. The molecule has 5 heteroatoms. The largest absolute Gasteiger partial charge is 0.317 e. The van der Waals surface area contributed by atoms with Gasteiger partial charge in [0.1, 0.15) is 0 Å². The van der Waals surface area contributed by atoms with E-state index in [2.05, 4.69) is 13.0 Å². The van der Waals surface area contributed by atoms with Gasteiger partial charge in [-0.25, -0.2) is 0 Å². The Hall–Kier alpha value is 0.630.